The Kier molecular flexibility index (Phi) is 3.43. The first kappa shape index (κ1) is 12.8. The molecule has 5 nitrogen and oxygen atoms in total. The summed E-state index contributed by atoms with van der Waals surface area (Å²) in [5, 5.41) is 6.20. The molecule has 17 heavy (non-hydrogen) atoms. The first-order valence-electron chi connectivity index (χ1n) is 6.39. The molecule has 0 spiro atoms. The molecule has 1 unspecified atom stereocenters. The summed E-state index contributed by atoms with van der Waals surface area (Å²) < 4.78 is 0. The largest absolute Gasteiger partial charge is 0.350 e. The first-order valence-corrected chi connectivity index (χ1v) is 6.39. The number of nitrogens with zero attached hydrogens (tertiary/aromatic N) is 1. The van der Waals surface area contributed by atoms with Crippen LogP contribution in [0.5, 0.6) is 0 Å². The molecule has 0 aromatic heterocycles. The Balaban J connectivity index is 1.90. The van der Waals surface area contributed by atoms with E-state index in [1.807, 2.05) is 0 Å². The van der Waals surface area contributed by atoms with Gasteiger partial charge in [0.25, 0.3) is 0 Å². The summed E-state index contributed by atoms with van der Waals surface area (Å²) in [7, 11) is 0. The molecule has 5 heteroatoms. The van der Waals surface area contributed by atoms with Gasteiger partial charge in [0.2, 0.25) is 5.91 Å². The number of hydrogen-bond acceptors (Lipinski definition) is 4. The zero-order valence-electron chi connectivity index (χ0n) is 11.0. The minimum atomic E-state index is -0.0603. The van der Waals surface area contributed by atoms with Gasteiger partial charge in [-0.05, 0) is 20.8 Å². The number of nitrogens with two attached hydrogens (primary N) is 1. The Morgan fingerprint density at radius 1 is 1.35 bits per heavy atom. The van der Waals surface area contributed by atoms with Gasteiger partial charge in [0.1, 0.15) is 0 Å². The van der Waals surface area contributed by atoms with Crippen molar-refractivity contribution in [1.82, 2.24) is 15.5 Å². The van der Waals surface area contributed by atoms with E-state index >= 15 is 0 Å². The molecule has 0 saturated carbocycles. The fourth-order valence-corrected chi connectivity index (χ4v) is 2.35. The minimum absolute atomic E-state index is 0.0396. The Bertz CT molecular complexity index is 295. The molecule has 0 aromatic carbocycles. The van der Waals surface area contributed by atoms with Gasteiger partial charge < -0.3 is 16.4 Å². The molecule has 2 aliphatic rings. The normalized spacial score (nSPS) is 31.3. The Hall–Kier alpha value is -0.650. The van der Waals surface area contributed by atoms with Crippen molar-refractivity contribution >= 4 is 5.91 Å². The summed E-state index contributed by atoms with van der Waals surface area (Å²) in [6.07, 6.45) is 0. The molecule has 0 bridgehead atoms. The van der Waals surface area contributed by atoms with Gasteiger partial charge in [-0.2, -0.15) is 0 Å². The van der Waals surface area contributed by atoms with Crippen LogP contribution in [0.2, 0.25) is 0 Å². The molecule has 1 amide bonds. The zero-order valence-corrected chi connectivity index (χ0v) is 11.0. The quantitative estimate of drug-likeness (QED) is 0.587. The van der Waals surface area contributed by atoms with Crippen molar-refractivity contribution in [3.05, 3.63) is 0 Å². The number of rotatable bonds is 2. The monoisotopic (exact) mass is 240 g/mol. The van der Waals surface area contributed by atoms with Gasteiger partial charge in [-0.25, -0.2) is 0 Å². The van der Waals surface area contributed by atoms with Gasteiger partial charge in [0.05, 0.1) is 12.0 Å². The van der Waals surface area contributed by atoms with Crippen molar-refractivity contribution in [3.8, 4) is 0 Å². The van der Waals surface area contributed by atoms with Gasteiger partial charge in [-0.15, -0.1) is 0 Å². The van der Waals surface area contributed by atoms with Gasteiger partial charge in [0.15, 0.2) is 0 Å². The first-order chi connectivity index (χ1) is 7.88. The van der Waals surface area contributed by atoms with E-state index in [0.717, 1.165) is 26.2 Å². The standard InChI is InChI=1S/C12H24N4O/c1-12(2,3)16-6-9(10(13)7-16)11(17)15-8-4-14-5-8/h8-10,14H,4-7,13H2,1-3H3,(H,15,17)/t9?,10-/m0/s1. The van der Waals surface area contributed by atoms with Gasteiger partial charge in [-0.3, -0.25) is 9.69 Å². The Morgan fingerprint density at radius 3 is 2.41 bits per heavy atom. The smallest absolute Gasteiger partial charge is 0.226 e. The van der Waals surface area contributed by atoms with Crippen LogP contribution in [0.3, 0.4) is 0 Å². The van der Waals surface area contributed by atoms with Crippen LogP contribution in [0.1, 0.15) is 20.8 Å². The van der Waals surface area contributed by atoms with Crippen LogP contribution >= 0.6 is 0 Å². The summed E-state index contributed by atoms with van der Waals surface area (Å²) in [6.45, 7) is 9.84. The summed E-state index contributed by atoms with van der Waals surface area (Å²) in [6, 6.07) is 0.264. The van der Waals surface area contributed by atoms with E-state index in [4.69, 9.17) is 5.73 Å². The Morgan fingerprint density at radius 2 is 2.00 bits per heavy atom. The average Bonchev–Trinajstić information content (AvgIpc) is 2.53. The number of amides is 1. The van der Waals surface area contributed by atoms with Crippen molar-refractivity contribution in [2.45, 2.75) is 38.4 Å². The van der Waals surface area contributed by atoms with Crippen molar-refractivity contribution in [2.75, 3.05) is 26.2 Å². The molecule has 2 fully saturated rings. The summed E-state index contributed by atoms with van der Waals surface area (Å²) >= 11 is 0. The van der Waals surface area contributed by atoms with Crippen molar-refractivity contribution < 1.29 is 4.79 Å². The van der Waals surface area contributed by atoms with Crippen molar-refractivity contribution in [1.29, 1.82) is 0 Å². The second kappa shape index (κ2) is 4.55. The van der Waals surface area contributed by atoms with Crippen LogP contribution in [-0.4, -0.2) is 54.6 Å². The third-order valence-electron chi connectivity index (χ3n) is 3.78. The van der Waals surface area contributed by atoms with E-state index in [1.54, 1.807) is 0 Å². The van der Waals surface area contributed by atoms with E-state index in [0.29, 0.717) is 6.04 Å². The molecule has 0 aromatic rings. The molecule has 2 atom stereocenters. The lowest BCUT2D eigenvalue weighted by molar-refractivity contribution is -0.126. The number of hydrogen-bond donors (Lipinski definition) is 3. The van der Waals surface area contributed by atoms with E-state index in [2.05, 4.69) is 36.3 Å². The third kappa shape index (κ3) is 2.78. The van der Waals surface area contributed by atoms with E-state index in [9.17, 15) is 4.79 Å². The van der Waals surface area contributed by atoms with E-state index < -0.39 is 0 Å². The maximum absolute atomic E-state index is 12.1. The SMILES string of the molecule is CC(C)(C)N1CC(C(=O)NC2CNC2)[C@@H](N)C1. The highest BCUT2D eigenvalue weighted by atomic mass is 16.2. The summed E-state index contributed by atoms with van der Waals surface area (Å²) in [5.74, 6) is 0.0607. The fraction of sp³-hybridized carbons (Fsp3) is 0.917. The molecule has 4 N–H and O–H groups in total. The summed E-state index contributed by atoms with van der Waals surface area (Å²) in [5.41, 5.74) is 6.17. The van der Waals surface area contributed by atoms with Gasteiger partial charge >= 0.3 is 0 Å². The average molecular weight is 240 g/mol. The molecule has 2 rings (SSSR count). The molecular weight excluding hydrogens is 216 g/mol. The topological polar surface area (TPSA) is 70.4 Å². The maximum Gasteiger partial charge on any atom is 0.226 e. The number of likely N-dealkylation sites (tertiary alicyclic amines) is 1. The molecule has 2 saturated heterocycles. The van der Waals surface area contributed by atoms with Crippen LogP contribution in [-0.2, 0) is 4.79 Å². The molecule has 98 valence electrons. The predicted octanol–water partition coefficient (Wildman–Crippen LogP) is -0.868. The fourth-order valence-electron chi connectivity index (χ4n) is 2.35. The van der Waals surface area contributed by atoms with Crippen LogP contribution in [0.25, 0.3) is 0 Å². The second-order valence-corrected chi connectivity index (χ2v) is 6.21. The van der Waals surface area contributed by atoms with E-state index in [-0.39, 0.29) is 23.4 Å². The lowest BCUT2D eigenvalue weighted by Gasteiger charge is -2.32. The number of carbonyl (C=O) groups is 1. The van der Waals surface area contributed by atoms with Crippen LogP contribution in [0.15, 0.2) is 0 Å². The van der Waals surface area contributed by atoms with Crippen LogP contribution in [0.4, 0.5) is 0 Å². The third-order valence-corrected chi connectivity index (χ3v) is 3.78. The molecule has 0 radical (unpaired) electrons. The Labute approximate surface area is 103 Å². The zero-order chi connectivity index (χ0) is 12.6. The lowest BCUT2D eigenvalue weighted by Crippen LogP contribution is -2.59. The molecule has 2 heterocycles. The lowest BCUT2D eigenvalue weighted by atomic mass is 10.0. The van der Waals surface area contributed by atoms with Gasteiger partial charge in [0, 0.05) is 37.8 Å². The van der Waals surface area contributed by atoms with Crippen LogP contribution in [0, 0.1) is 5.92 Å². The van der Waals surface area contributed by atoms with Crippen molar-refractivity contribution in [2.24, 2.45) is 11.7 Å². The maximum atomic E-state index is 12.1. The molecular formula is C12H24N4O. The highest BCUT2D eigenvalue weighted by Crippen LogP contribution is 2.24. The highest BCUT2D eigenvalue weighted by molar-refractivity contribution is 5.80. The highest BCUT2D eigenvalue weighted by Gasteiger charge is 2.40. The van der Waals surface area contributed by atoms with Crippen molar-refractivity contribution in [3.63, 3.8) is 0 Å². The number of carbonyl (C=O) groups excluding carboxylic acids is 1. The van der Waals surface area contributed by atoms with E-state index in [1.165, 1.54) is 0 Å². The minimum Gasteiger partial charge on any atom is -0.350 e. The van der Waals surface area contributed by atoms with Gasteiger partial charge in [-0.1, -0.05) is 0 Å². The second-order valence-electron chi connectivity index (χ2n) is 6.21. The summed E-state index contributed by atoms with van der Waals surface area (Å²) in [4.78, 5) is 14.4. The number of nitrogens with one attached hydrogen (secondary N) is 2. The predicted molar refractivity (Wildman–Crippen MR) is 67.6 cm³/mol. The molecule has 2 aliphatic heterocycles. The molecule has 0 aliphatic carbocycles. The van der Waals surface area contributed by atoms with Crippen LogP contribution < -0.4 is 16.4 Å².